The molecule has 0 aliphatic heterocycles. The highest BCUT2D eigenvalue weighted by Gasteiger charge is 2.27. The van der Waals surface area contributed by atoms with E-state index in [-0.39, 0.29) is 5.56 Å². The van der Waals surface area contributed by atoms with Gasteiger partial charge in [0, 0.05) is 11.1 Å². The Morgan fingerprint density at radius 1 is 1.44 bits per heavy atom. The zero-order valence-corrected chi connectivity index (χ0v) is 8.13. The fraction of sp³-hybridized carbons (Fsp3) is 0.200. The number of primary amides is 1. The molecule has 0 fully saturated rings. The molecular formula is C10H10FNO4. The first-order valence-corrected chi connectivity index (χ1v) is 4.38. The fourth-order valence-corrected chi connectivity index (χ4v) is 1.28. The van der Waals surface area contributed by atoms with E-state index in [0.717, 1.165) is 6.07 Å². The number of rotatable bonds is 4. The zero-order chi connectivity index (χ0) is 12.3. The van der Waals surface area contributed by atoms with Gasteiger partial charge in [0.1, 0.15) is 11.9 Å². The van der Waals surface area contributed by atoms with Crippen molar-refractivity contribution in [2.45, 2.75) is 12.2 Å². The van der Waals surface area contributed by atoms with Gasteiger partial charge in [-0.25, -0.2) is 4.39 Å². The minimum atomic E-state index is -1.96. The highest BCUT2D eigenvalue weighted by Crippen LogP contribution is 2.23. The largest absolute Gasteiger partial charge is 0.385 e. The van der Waals surface area contributed by atoms with Crippen LogP contribution in [0.4, 0.5) is 4.39 Å². The molecule has 0 bridgehead atoms. The standard InChI is InChI=1S/C10H10FNO4/c11-6-3-1-2-5(4-13)7(6)8(14)9(15)10(12)16/h1-4,8-9,14-15H,(H2,12,16). The highest BCUT2D eigenvalue weighted by atomic mass is 19.1. The summed E-state index contributed by atoms with van der Waals surface area (Å²) in [5, 5.41) is 18.7. The van der Waals surface area contributed by atoms with Crippen LogP contribution in [0, 0.1) is 5.82 Å². The maximum atomic E-state index is 13.3. The zero-order valence-electron chi connectivity index (χ0n) is 8.13. The summed E-state index contributed by atoms with van der Waals surface area (Å²) in [6.07, 6.45) is -3.51. The predicted octanol–water partition coefficient (Wildman–Crippen LogP) is -0.482. The van der Waals surface area contributed by atoms with Crippen LogP contribution < -0.4 is 5.73 Å². The van der Waals surface area contributed by atoms with Crippen molar-refractivity contribution in [2.75, 3.05) is 0 Å². The molecule has 0 saturated heterocycles. The average molecular weight is 227 g/mol. The summed E-state index contributed by atoms with van der Waals surface area (Å²) < 4.78 is 13.3. The Morgan fingerprint density at radius 3 is 2.56 bits per heavy atom. The summed E-state index contributed by atoms with van der Waals surface area (Å²) in [7, 11) is 0. The van der Waals surface area contributed by atoms with Gasteiger partial charge in [0.15, 0.2) is 12.4 Å². The molecule has 1 aromatic rings. The van der Waals surface area contributed by atoms with Gasteiger partial charge in [-0.15, -0.1) is 0 Å². The molecule has 6 heteroatoms. The number of aliphatic hydroxyl groups is 2. The van der Waals surface area contributed by atoms with E-state index in [1.807, 2.05) is 0 Å². The second-order valence-electron chi connectivity index (χ2n) is 3.15. The number of amides is 1. The summed E-state index contributed by atoms with van der Waals surface area (Å²) >= 11 is 0. The number of carbonyl (C=O) groups excluding carboxylic acids is 2. The van der Waals surface area contributed by atoms with Crippen LogP contribution in [0.15, 0.2) is 18.2 Å². The Labute approximate surface area is 90.3 Å². The number of hydrogen-bond acceptors (Lipinski definition) is 4. The van der Waals surface area contributed by atoms with Crippen molar-refractivity contribution in [3.63, 3.8) is 0 Å². The van der Waals surface area contributed by atoms with Gasteiger partial charge in [-0.2, -0.15) is 0 Å². The minimum absolute atomic E-state index is 0.146. The molecule has 5 nitrogen and oxygen atoms in total. The Bertz CT molecular complexity index is 421. The Kier molecular flexibility index (Phi) is 3.70. The number of nitrogens with two attached hydrogens (primary N) is 1. The number of benzene rings is 1. The monoisotopic (exact) mass is 227 g/mol. The lowest BCUT2D eigenvalue weighted by molar-refractivity contribution is -0.132. The van der Waals surface area contributed by atoms with E-state index >= 15 is 0 Å². The van der Waals surface area contributed by atoms with Crippen LogP contribution in [-0.2, 0) is 4.79 Å². The van der Waals surface area contributed by atoms with Crippen molar-refractivity contribution in [3.8, 4) is 0 Å². The molecule has 1 amide bonds. The van der Waals surface area contributed by atoms with Crippen LogP contribution in [-0.4, -0.2) is 28.5 Å². The molecule has 2 unspecified atom stereocenters. The van der Waals surface area contributed by atoms with Gasteiger partial charge in [0.05, 0.1) is 0 Å². The molecule has 86 valence electrons. The van der Waals surface area contributed by atoms with Crippen LogP contribution in [0.5, 0.6) is 0 Å². The second-order valence-corrected chi connectivity index (χ2v) is 3.15. The summed E-state index contributed by atoms with van der Waals surface area (Å²) in [6, 6.07) is 3.52. The first kappa shape index (κ1) is 12.3. The lowest BCUT2D eigenvalue weighted by Gasteiger charge is -2.17. The SMILES string of the molecule is NC(=O)C(O)C(O)c1c(F)cccc1C=O. The maximum absolute atomic E-state index is 13.3. The quantitative estimate of drug-likeness (QED) is 0.604. The van der Waals surface area contributed by atoms with Gasteiger partial charge in [-0.05, 0) is 6.07 Å². The Morgan fingerprint density at radius 2 is 2.06 bits per heavy atom. The predicted molar refractivity (Wildman–Crippen MR) is 51.9 cm³/mol. The van der Waals surface area contributed by atoms with E-state index in [4.69, 9.17) is 5.73 Å². The lowest BCUT2D eigenvalue weighted by atomic mass is 9.98. The van der Waals surface area contributed by atoms with Crippen LogP contribution in [0.1, 0.15) is 22.0 Å². The van der Waals surface area contributed by atoms with Gasteiger partial charge >= 0.3 is 0 Å². The molecule has 0 aliphatic carbocycles. The van der Waals surface area contributed by atoms with E-state index in [1.165, 1.54) is 12.1 Å². The number of aliphatic hydroxyl groups excluding tert-OH is 2. The number of carbonyl (C=O) groups is 2. The molecule has 4 N–H and O–H groups in total. The highest BCUT2D eigenvalue weighted by molar-refractivity contribution is 5.81. The number of aldehydes is 1. The van der Waals surface area contributed by atoms with Crippen molar-refractivity contribution in [1.29, 1.82) is 0 Å². The first-order valence-electron chi connectivity index (χ1n) is 4.38. The normalized spacial score (nSPS) is 14.2. The summed E-state index contributed by atoms with van der Waals surface area (Å²) in [6.45, 7) is 0. The maximum Gasteiger partial charge on any atom is 0.249 e. The molecule has 0 saturated carbocycles. The van der Waals surface area contributed by atoms with E-state index in [2.05, 4.69) is 0 Å². The van der Waals surface area contributed by atoms with Crippen LogP contribution in [0.25, 0.3) is 0 Å². The molecule has 0 heterocycles. The van der Waals surface area contributed by atoms with Gasteiger partial charge in [0.25, 0.3) is 0 Å². The van der Waals surface area contributed by atoms with Crippen LogP contribution >= 0.6 is 0 Å². The first-order chi connectivity index (χ1) is 7.49. The van der Waals surface area contributed by atoms with E-state index < -0.39 is 29.5 Å². The molecule has 0 spiro atoms. The minimum Gasteiger partial charge on any atom is -0.385 e. The van der Waals surface area contributed by atoms with Gasteiger partial charge in [-0.1, -0.05) is 12.1 Å². The van der Waals surface area contributed by atoms with E-state index in [0.29, 0.717) is 6.29 Å². The second kappa shape index (κ2) is 4.82. The fourth-order valence-electron chi connectivity index (χ4n) is 1.28. The van der Waals surface area contributed by atoms with Gasteiger partial charge in [0.2, 0.25) is 5.91 Å². The molecule has 1 rings (SSSR count). The Balaban J connectivity index is 3.21. The molecule has 1 aromatic carbocycles. The topological polar surface area (TPSA) is 101 Å². The molecule has 16 heavy (non-hydrogen) atoms. The Hall–Kier alpha value is -1.79. The molecule has 0 radical (unpaired) electrons. The number of halogens is 1. The third-order valence-electron chi connectivity index (χ3n) is 2.10. The van der Waals surface area contributed by atoms with Gasteiger partial charge in [-0.3, -0.25) is 9.59 Å². The van der Waals surface area contributed by atoms with Crippen molar-refractivity contribution in [1.82, 2.24) is 0 Å². The van der Waals surface area contributed by atoms with Crippen molar-refractivity contribution in [2.24, 2.45) is 5.73 Å². The van der Waals surface area contributed by atoms with Crippen LogP contribution in [0.3, 0.4) is 0 Å². The average Bonchev–Trinajstić information content (AvgIpc) is 2.26. The molecular weight excluding hydrogens is 217 g/mol. The van der Waals surface area contributed by atoms with E-state index in [9.17, 15) is 24.2 Å². The third kappa shape index (κ3) is 2.23. The van der Waals surface area contributed by atoms with Gasteiger partial charge < -0.3 is 15.9 Å². The molecule has 0 aromatic heterocycles. The summed E-state index contributed by atoms with van der Waals surface area (Å²) in [5.74, 6) is -2.09. The smallest absolute Gasteiger partial charge is 0.249 e. The summed E-state index contributed by atoms with van der Waals surface area (Å²) in [4.78, 5) is 21.2. The van der Waals surface area contributed by atoms with Crippen LogP contribution in [0.2, 0.25) is 0 Å². The van der Waals surface area contributed by atoms with Crippen molar-refractivity contribution in [3.05, 3.63) is 35.1 Å². The third-order valence-corrected chi connectivity index (χ3v) is 2.10. The summed E-state index contributed by atoms with van der Waals surface area (Å²) in [5.41, 5.74) is 4.17. The van der Waals surface area contributed by atoms with E-state index in [1.54, 1.807) is 0 Å². The molecule has 0 aliphatic rings. The van der Waals surface area contributed by atoms with Crippen molar-refractivity contribution >= 4 is 12.2 Å². The molecule has 2 atom stereocenters. The van der Waals surface area contributed by atoms with Crippen molar-refractivity contribution < 1.29 is 24.2 Å². The lowest BCUT2D eigenvalue weighted by Crippen LogP contribution is -2.34. The number of hydrogen-bond donors (Lipinski definition) is 3.